The molecule has 3 aromatic carbocycles. The van der Waals surface area contributed by atoms with Gasteiger partial charge in [0.1, 0.15) is 0 Å². The maximum atomic E-state index is 3.93. The summed E-state index contributed by atoms with van der Waals surface area (Å²) in [6.07, 6.45) is 0. The molecule has 3 atom stereocenters. The molecule has 1 aliphatic carbocycles. The lowest BCUT2D eigenvalue weighted by atomic mass is 9.87. The molecule has 0 aromatic heterocycles. The molecular weight excluding hydrogens is 386 g/mol. The highest BCUT2D eigenvalue weighted by molar-refractivity contribution is 5.81. The second kappa shape index (κ2) is 9.71. The molecule has 0 saturated carbocycles. The Morgan fingerprint density at radius 2 is 1.28 bits per heavy atom. The van der Waals surface area contributed by atoms with Gasteiger partial charge >= 0.3 is 0 Å². The van der Waals surface area contributed by atoms with Gasteiger partial charge in [0.15, 0.2) is 0 Å². The van der Waals surface area contributed by atoms with Gasteiger partial charge in [-0.05, 0) is 59.7 Å². The number of nitrogens with one attached hydrogen (secondary N) is 1. The molecule has 4 rings (SSSR count). The minimum atomic E-state index is 0.240. The van der Waals surface area contributed by atoms with Crippen molar-refractivity contribution < 1.29 is 0 Å². The van der Waals surface area contributed by atoms with Gasteiger partial charge in [-0.25, -0.2) is 0 Å². The van der Waals surface area contributed by atoms with Crippen molar-refractivity contribution in [2.75, 3.05) is 0 Å². The Bertz CT molecular complexity index is 1120. The lowest BCUT2D eigenvalue weighted by Crippen LogP contribution is -2.26. The average Bonchev–Trinajstić information content (AvgIpc) is 3.03. The maximum absolute atomic E-state index is 3.93. The fourth-order valence-corrected chi connectivity index (χ4v) is 5.15. The summed E-state index contributed by atoms with van der Waals surface area (Å²) in [6, 6.07) is 30.9. The Hall–Kier alpha value is -2.90. The van der Waals surface area contributed by atoms with Crippen LogP contribution in [0.15, 0.2) is 102 Å². The van der Waals surface area contributed by atoms with E-state index in [0.29, 0.717) is 11.8 Å². The van der Waals surface area contributed by atoms with Crippen molar-refractivity contribution in [2.24, 2.45) is 5.92 Å². The molecule has 0 radical (unpaired) electrons. The molecule has 1 nitrogen and oxygen atoms in total. The van der Waals surface area contributed by atoms with Crippen molar-refractivity contribution in [2.45, 2.75) is 53.1 Å². The molecule has 0 amide bonds. The topological polar surface area (TPSA) is 12.0 Å². The largest absolute Gasteiger partial charge is 0.305 e. The van der Waals surface area contributed by atoms with Crippen LogP contribution in [0.2, 0.25) is 0 Å². The molecule has 0 spiro atoms. The smallest absolute Gasteiger partial charge is 0.0389 e. The van der Waals surface area contributed by atoms with E-state index in [0.717, 1.165) is 6.54 Å². The monoisotopic (exact) mass is 421 g/mol. The molecule has 0 aliphatic heterocycles. The number of benzene rings is 3. The van der Waals surface area contributed by atoms with Gasteiger partial charge in [0.25, 0.3) is 0 Å². The zero-order chi connectivity index (χ0) is 22.7. The fourth-order valence-electron chi connectivity index (χ4n) is 5.15. The number of hydrogen-bond donors (Lipinski definition) is 1. The molecular formula is C31H35N. The number of allylic oxidation sites excluding steroid dienone is 4. The molecule has 0 saturated heterocycles. The van der Waals surface area contributed by atoms with Crippen molar-refractivity contribution in [3.63, 3.8) is 0 Å². The van der Waals surface area contributed by atoms with Crippen LogP contribution in [0, 0.1) is 5.92 Å². The van der Waals surface area contributed by atoms with Crippen LogP contribution in [0.3, 0.4) is 0 Å². The first-order valence-corrected chi connectivity index (χ1v) is 11.8. The van der Waals surface area contributed by atoms with Crippen molar-refractivity contribution in [1.82, 2.24) is 5.32 Å². The summed E-state index contributed by atoms with van der Waals surface area (Å²) in [5, 5.41) is 3.93. The third kappa shape index (κ3) is 4.36. The van der Waals surface area contributed by atoms with Crippen LogP contribution in [0.4, 0.5) is 0 Å². The summed E-state index contributed by atoms with van der Waals surface area (Å²) < 4.78 is 0. The minimum Gasteiger partial charge on any atom is -0.305 e. The second-order valence-electron chi connectivity index (χ2n) is 9.19. The highest BCUT2D eigenvalue weighted by Gasteiger charge is 2.26. The van der Waals surface area contributed by atoms with E-state index in [2.05, 4.69) is 125 Å². The predicted octanol–water partition coefficient (Wildman–Crippen LogP) is 8.08. The normalized spacial score (nSPS) is 18.2. The highest BCUT2D eigenvalue weighted by Crippen LogP contribution is 2.43. The summed E-state index contributed by atoms with van der Waals surface area (Å²) in [4.78, 5) is 0. The molecule has 0 bridgehead atoms. The van der Waals surface area contributed by atoms with E-state index in [-0.39, 0.29) is 6.04 Å². The van der Waals surface area contributed by atoms with E-state index in [4.69, 9.17) is 0 Å². The summed E-state index contributed by atoms with van der Waals surface area (Å²) in [7, 11) is 0. The molecule has 3 aromatic rings. The Labute approximate surface area is 193 Å². The molecule has 164 valence electrons. The van der Waals surface area contributed by atoms with Crippen molar-refractivity contribution in [1.29, 1.82) is 0 Å². The third-order valence-corrected chi connectivity index (χ3v) is 7.44. The first-order valence-electron chi connectivity index (χ1n) is 11.8. The zero-order valence-electron chi connectivity index (χ0n) is 20.0. The number of rotatable bonds is 7. The van der Waals surface area contributed by atoms with E-state index in [9.17, 15) is 0 Å². The number of hydrogen-bond acceptors (Lipinski definition) is 1. The van der Waals surface area contributed by atoms with Gasteiger partial charge in [-0.1, -0.05) is 104 Å². The van der Waals surface area contributed by atoms with Gasteiger partial charge in [-0.15, -0.1) is 0 Å². The molecule has 1 aliphatic rings. The Morgan fingerprint density at radius 1 is 0.719 bits per heavy atom. The van der Waals surface area contributed by atoms with Crippen LogP contribution in [0.5, 0.6) is 0 Å². The Kier molecular flexibility index (Phi) is 6.77. The van der Waals surface area contributed by atoms with Crippen LogP contribution in [0.1, 0.15) is 68.8 Å². The Balaban J connectivity index is 1.64. The predicted molar refractivity (Wildman–Crippen MR) is 137 cm³/mol. The Morgan fingerprint density at radius 3 is 1.88 bits per heavy atom. The standard InChI is InChI=1S/C31H35N/c1-21-22(2)24(4)30(23(21)3)29-19-13-12-18-28(29)20-32-31(27-16-10-7-11-17-27)25(5)26-14-8-6-9-15-26/h6-19,23,25,31-32H,20H2,1-5H3. The van der Waals surface area contributed by atoms with E-state index in [1.807, 2.05) is 0 Å². The summed E-state index contributed by atoms with van der Waals surface area (Å²) in [6.45, 7) is 12.3. The molecule has 3 unspecified atom stereocenters. The summed E-state index contributed by atoms with van der Waals surface area (Å²) in [5.41, 5.74) is 11.3. The second-order valence-corrected chi connectivity index (χ2v) is 9.19. The molecule has 32 heavy (non-hydrogen) atoms. The van der Waals surface area contributed by atoms with Crippen LogP contribution >= 0.6 is 0 Å². The van der Waals surface area contributed by atoms with E-state index >= 15 is 0 Å². The van der Waals surface area contributed by atoms with Gasteiger partial charge < -0.3 is 5.32 Å². The summed E-state index contributed by atoms with van der Waals surface area (Å²) in [5.74, 6) is 0.840. The van der Waals surface area contributed by atoms with Crippen LogP contribution in [-0.2, 0) is 6.54 Å². The van der Waals surface area contributed by atoms with Crippen LogP contribution < -0.4 is 5.32 Å². The van der Waals surface area contributed by atoms with Crippen molar-refractivity contribution >= 4 is 5.57 Å². The zero-order valence-corrected chi connectivity index (χ0v) is 20.0. The molecule has 1 N–H and O–H groups in total. The van der Waals surface area contributed by atoms with Gasteiger partial charge in [0.2, 0.25) is 0 Å². The van der Waals surface area contributed by atoms with E-state index < -0.39 is 0 Å². The van der Waals surface area contributed by atoms with Crippen molar-refractivity contribution in [3.05, 3.63) is 124 Å². The van der Waals surface area contributed by atoms with Crippen LogP contribution in [-0.4, -0.2) is 0 Å². The quantitative estimate of drug-likeness (QED) is 0.406. The highest BCUT2D eigenvalue weighted by atomic mass is 14.9. The first-order chi connectivity index (χ1) is 15.5. The lowest BCUT2D eigenvalue weighted by molar-refractivity contribution is 0.465. The third-order valence-electron chi connectivity index (χ3n) is 7.44. The SMILES string of the molecule is CC1=C(C)C(C)C(c2ccccc2CNC(c2ccccc2)C(C)c2ccccc2)=C1C. The van der Waals surface area contributed by atoms with Gasteiger partial charge in [0.05, 0.1) is 0 Å². The van der Waals surface area contributed by atoms with E-state index in [1.54, 1.807) is 0 Å². The molecule has 0 fully saturated rings. The van der Waals surface area contributed by atoms with Crippen molar-refractivity contribution in [3.8, 4) is 0 Å². The lowest BCUT2D eigenvalue weighted by Gasteiger charge is -2.27. The fraction of sp³-hybridized carbons (Fsp3) is 0.290. The van der Waals surface area contributed by atoms with Gasteiger partial charge in [-0.2, -0.15) is 0 Å². The minimum absolute atomic E-state index is 0.240. The van der Waals surface area contributed by atoms with Crippen LogP contribution in [0.25, 0.3) is 5.57 Å². The average molecular weight is 422 g/mol. The molecule has 0 heterocycles. The summed E-state index contributed by atoms with van der Waals surface area (Å²) >= 11 is 0. The van der Waals surface area contributed by atoms with E-state index in [1.165, 1.54) is 44.5 Å². The first kappa shape index (κ1) is 22.3. The van der Waals surface area contributed by atoms with Gasteiger partial charge in [0, 0.05) is 24.4 Å². The van der Waals surface area contributed by atoms with Gasteiger partial charge in [-0.3, -0.25) is 0 Å². The maximum Gasteiger partial charge on any atom is 0.0389 e. The molecule has 1 heteroatoms.